The number of rotatable bonds is 7. The summed E-state index contributed by atoms with van der Waals surface area (Å²) in [5.41, 5.74) is 5.26. The van der Waals surface area contributed by atoms with Gasteiger partial charge in [-0.1, -0.05) is 66.8 Å². The lowest BCUT2D eigenvalue weighted by atomic mass is 10.0. The minimum absolute atomic E-state index is 0.0192. The van der Waals surface area contributed by atoms with Crippen LogP contribution in [-0.4, -0.2) is 46.1 Å². The highest BCUT2D eigenvalue weighted by Crippen LogP contribution is 2.34. The normalized spacial score (nSPS) is 17.1. The average Bonchev–Trinajstić information content (AvgIpc) is 3.51. The maximum Gasteiger partial charge on any atom is 0.209 e. The summed E-state index contributed by atoms with van der Waals surface area (Å²) in [6.07, 6.45) is 7.17. The van der Waals surface area contributed by atoms with Gasteiger partial charge in [-0.15, -0.1) is 0 Å². The van der Waals surface area contributed by atoms with Gasteiger partial charge in [0.2, 0.25) is 5.89 Å². The molecule has 2 heterocycles. The van der Waals surface area contributed by atoms with Gasteiger partial charge in [-0.3, -0.25) is 9.80 Å². The van der Waals surface area contributed by atoms with Gasteiger partial charge in [-0.2, -0.15) is 0 Å². The predicted octanol–water partition coefficient (Wildman–Crippen LogP) is 4.50. The van der Waals surface area contributed by atoms with Crippen LogP contribution in [0.2, 0.25) is 0 Å². The van der Waals surface area contributed by atoms with Crippen LogP contribution in [0, 0.1) is 0 Å². The molecule has 5 rings (SSSR count). The zero-order chi connectivity index (χ0) is 21.8. The average molecular weight is 428 g/mol. The van der Waals surface area contributed by atoms with Crippen molar-refractivity contribution in [3.05, 3.63) is 95.6 Å². The molecule has 3 aromatic rings. The highest BCUT2D eigenvalue weighted by atomic mass is 16.4. The molecule has 164 valence electrons. The number of nitrogens with zero attached hydrogens (tertiary/aromatic N) is 3. The Morgan fingerprint density at radius 3 is 2.34 bits per heavy atom. The second-order valence-corrected chi connectivity index (χ2v) is 8.51. The monoisotopic (exact) mass is 427 g/mol. The molecular weight excluding hydrogens is 398 g/mol. The number of allylic oxidation sites excluding steroid dienone is 4. The summed E-state index contributed by atoms with van der Waals surface area (Å²) in [5, 5.41) is 9.55. The van der Waals surface area contributed by atoms with Gasteiger partial charge in [-0.25, -0.2) is 4.98 Å². The van der Waals surface area contributed by atoms with Gasteiger partial charge in [0, 0.05) is 43.9 Å². The van der Waals surface area contributed by atoms with Crippen LogP contribution in [0.5, 0.6) is 0 Å². The van der Waals surface area contributed by atoms with Crippen molar-refractivity contribution < 1.29 is 9.52 Å². The standard InChI is InChI=1S/C27H29N3O2/c31-20-22-9-6-12-24(17-22)26-27(23-10-4-5-11-23)32-25(28-26)19-30-15-13-29(14-16-30)18-21-7-2-1-3-8-21/h1-10,12,17,31H,11,13-16,18-20H2. The van der Waals surface area contributed by atoms with E-state index < -0.39 is 0 Å². The number of benzene rings is 2. The van der Waals surface area contributed by atoms with Crippen LogP contribution in [0.3, 0.4) is 0 Å². The molecule has 5 heteroatoms. The first-order chi connectivity index (χ1) is 15.8. The molecule has 0 bridgehead atoms. The third kappa shape index (κ3) is 4.75. The molecule has 1 fully saturated rings. The topological polar surface area (TPSA) is 52.7 Å². The van der Waals surface area contributed by atoms with E-state index in [1.54, 1.807) is 0 Å². The van der Waals surface area contributed by atoms with E-state index in [1.807, 2.05) is 24.3 Å². The lowest BCUT2D eigenvalue weighted by Crippen LogP contribution is -2.45. The summed E-state index contributed by atoms with van der Waals surface area (Å²) in [7, 11) is 0. The summed E-state index contributed by atoms with van der Waals surface area (Å²) < 4.78 is 6.31. The van der Waals surface area contributed by atoms with E-state index in [1.165, 1.54) is 5.56 Å². The number of hydrogen-bond donors (Lipinski definition) is 1. The molecule has 1 aliphatic carbocycles. The van der Waals surface area contributed by atoms with E-state index >= 15 is 0 Å². The van der Waals surface area contributed by atoms with E-state index in [0.29, 0.717) is 6.54 Å². The Labute approximate surface area is 189 Å². The van der Waals surface area contributed by atoms with E-state index in [0.717, 1.165) is 73.2 Å². The first-order valence-corrected chi connectivity index (χ1v) is 11.3. The van der Waals surface area contributed by atoms with Crippen molar-refractivity contribution in [1.82, 2.24) is 14.8 Å². The van der Waals surface area contributed by atoms with Crippen molar-refractivity contribution in [3.8, 4) is 11.3 Å². The summed E-state index contributed by atoms with van der Waals surface area (Å²) in [5.74, 6) is 1.61. The maximum atomic E-state index is 9.55. The van der Waals surface area contributed by atoms with Gasteiger partial charge < -0.3 is 9.52 Å². The van der Waals surface area contributed by atoms with Crippen molar-refractivity contribution in [3.63, 3.8) is 0 Å². The fourth-order valence-electron chi connectivity index (χ4n) is 4.42. The molecule has 0 atom stereocenters. The minimum atomic E-state index is 0.0192. The fourth-order valence-corrected chi connectivity index (χ4v) is 4.42. The summed E-state index contributed by atoms with van der Waals surface area (Å²) in [6, 6.07) is 18.6. The number of piperazine rings is 1. The maximum absolute atomic E-state index is 9.55. The molecule has 0 radical (unpaired) electrons. The molecule has 2 aliphatic rings. The fraction of sp³-hybridized carbons (Fsp3) is 0.296. The molecule has 2 aromatic carbocycles. The van der Waals surface area contributed by atoms with Crippen LogP contribution in [0.15, 0.2) is 77.2 Å². The SMILES string of the molecule is OCc1cccc(-c2nc(CN3CCN(Cc4ccccc4)CC3)oc2C2=CC=CC2)c1. The third-order valence-electron chi connectivity index (χ3n) is 6.19. The molecular formula is C27H29N3O2. The smallest absolute Gasteiger partial charge is 0.209 e. The molecule has 0 unspecified atom stereocenters. The number of aliphatic hydroxyl groups is 1. The Morgan fingerprint density at radius 2 is 1.62 bits per heavy atom. The Balaban J connectivity index is 1.29. The first-order valence-electron chi connectivity index (χ1n) is 11.3. The van der Waals surface area contributed by atoms with Crippen LogP contribution in [0.1, 0.15) is 29.2 Å². The van der Waals surface area contributed by atoms with Gasteiger partial charge in [0.15, 0.2) is 5.76 Å². The van der Waals surface area contributed by atoms with Crippen LogP contribution in [-0.2, 0) is 19.7 Å². The van der Waals surface area contributed by atoms with Crippen LogP contribution in [0.25, 0.3) is 16.8 Å². The number of oxazole rings is 1. The van der Waals surface area contributed by atoms with E-state index in [4.69, 9.17) is 9.40 Å². The lowest BCUT2D eigenvalue weighted by Gasteiger charge is -2.34. The van der Waals surface area contributed by atoms with Gasteiger partial charge in [0.25, 0.3) is 0 Å². The largest absolute Gasteiger partial charge is 0.439 e. The van der Waals surface area contributed by atoms with Crippen molar-refractivity contribution in [2.24, 2.45) is 0 Å². The summed E-state index contributed by atoms with van der Waals surface area (Å²) in [6.45, 7) is 5.84. The van der Waals surface area contributed by atoms with Gasteiger partial charge in [0.05, 0.1) is 13.2 Å². The predicted molar refractivity (Wildman–Crippen MR) is 127 cm³/mol. The van der Waals surface area contributed by atoms with Crippen molar-refractivity contribution >= 4 is 5.57 Å². The van der Waals surface area contributed by atoms with E-state index in [2.05, 4.69) is 58.4 Å². The van der Waals surface area contributed by atoms with Gasteiger partial charge in [0.1, 0.15) is 5.69 Å². The highest BCUT2D eigenvalue weighted by Gasteiger charge is 2.23. The molecule has 0 saturated carbocycles. The van der Waals surface area contributed by atoms with Crippen LogP contribution < -0.4 is 0 Å². The molecule has 1 N–H and O–H groups in total. The summed E-state index contributed by atoms with van der Waals surface area (Å²) >= 11 is 0. The van der Waals surface area contributed by atoms with Crippen molar-refractivity contribution in [2.45, 2.75) is 26.1 Å². The quantitative estimate of drug-likeness (QED) is 0.602. The zero-order valence-corrected chi connectivity index (χ0v) is 18.3. The first kappa shape index (κ1) is 20.9. The molecule has 5 nitrogen and oxygen atoms in total. The Hall–Kier alpha value is -2.99. The molecule has 1 aromatic heterocycles. The lowest BCUT2D eigenvalue weighted by molar-refractivity contribution is 0.114. The van der Waals surface area contributed by atoms with Gasteiger partial charge in [-0.05, 0) is 23.6 Å². The zero-order valence-electron chi connectivity index (χ0n) is 18.3. The van der Waals surface area contributed by atoms with Crippen LogP contribution in [0.4, 0.5) is 0 Å². The highest BCUT2D eigenvalue weighted by molar-refractivity contribution is 5.78. The molecule has 1 saturated heterocycles. The molecule has 1 aliphatic heterocycles. The Bertz CT molecular complexity index is 1110. The van der Waals surface area contributed by atoms with Gasteiger partial charge >= 0.3 is 0 Å². The van der Waals surface area contributed by atoms with Crippen molar-refractivity contribution in [2.75, 3.05) is 26.2 Å². The third-order valence-corrected chi connectivity index (χ3v) is 6.19. The summed E-state index contributed by atoms with van der Waals surface area (Å²) in [4.78, 5) is 9.84. The van der Waals surface area contributed by atoms with E-state index in [9.17, 15) is 5.11 Å². The molecule has 0 amide bonds. The Kier molecular flexibility index (Phi) is 6.30. The minimum Gasteiger partial charge on any atom is -0.439 e. The number of hydrogen-bond acceptors (Lipinski definition) is 5. The second-order valence-electron chi connectivity index (χ2n) is 8.51. The molecule has 0 spiro atoms. The molecule has 32 heavy (non-hydrogen) atoms. The van der Waals surface area contributed by atoms with E-state index in [-0.39, 0.29) is 6.61 Å². The number of aromatic nitrogens is 1. The number of aliphatic hydroxyl groups excluding tert-OH is 1. The van der Waals surface area contributed by atoms with Crippen molar-refractivity contribution in [1.29, 1.82) is 0 Å². The Morgan fingerprint density at radius 1 is 0.875 bits per heavy atom. The second kappa shape index (κ2) is 9.65. The van der Waals surface area contributed by atoms with Crippen LogP contribution >= 0.6 is 0 Å².